The van der Waals surface area contributed by atoms with Gasteiger partial charge in [0.2, 0.25) is 5.91 Å². The normalized spacial score (nSPS) is 23.7. The van der Waals surface area contributed by atoms with E-state index >= 15 is 0 Å². The molecule has 8 heteroatoms. The van der Waals surface area contributed by atoms with Gasteiger partial charge < -0.3 is 14.8 Å². The molecule has 5 rings (SSSR count). The van der Waals surface area contributed by atoms with Gasteiger partial charge in [0.1, 0.15) is 17.5 Å². The van der Waals surface area contributed by atoms with Crippen LogP contribution in [0.5, 0.6) is 0 Å². The predicted molar refractivity (Wildman–Crippen MR) is 118 cm³/mol. The molecule has 0 unspecified atom stereocenters. The Balaban J connectivity index is 1.22. The lowest BCUT2D eigenvalue weighted by molar-refractivity contribution is -0.117. The third-order valence-electron chi connectivity index (χ3n) is 5.89. The van der Waals surface area contributed by atoms with E-state index in [0.29, 0.717) is 35.0 Å². The molecule has 3 heterocycles. The third-order valence-corrected chi connectivity index (χ3v) is 6.83. The summed E-state index contributed by atoms with van der Waals surface area (Å²) in [5, 5.41) is 3.33. The number of carbonyl (C=O) groups excluding carboxylic acids is 1. The van der Waals surface area contributed by atoms with E-state index in [1.54, 1.807) is 6.07 Å². The molecule has 6 nitrogen and oxygen atoms in total. The van der Waals surface area contributed by atoms with Crippen molar-refractivity contribution in [2.45, 2.75) is 31.2 Å². The van der Waals surface area contributed by atoms with Gasteiger partial charge in [-0.05, 0) is 36.6 Å². The topological polar surface area (TPSA) is 63.7 Å². The van der Waals surface area contributed by atoms with E-state index in [9.17, 15) is 9.18 Å². The molecule has 0 bridgehead atoms. The van der Waals surface area contributed by atoms with Crippen LogP contribution in [0, 0.1) is 5.82 Å². The zero-order valence-corrected chi connectivity index (χ0v) is 17.9. The van der Waals surface area contributed by atoms with Crippen molar-refractivity contribution in [1.82, 2.24) is 9.88 Å². The van der Waals surface area contributed by atoms with Gasteiger partial charge in [-0.3, -0.25) is 9.69 Å². The van der Waals surface area contributed by atoms with Gasteiger partial charge in [0.15, 0.2) is 5.13 Å². The van der Waals surface area contributed by atoms with Crippen LogP contribution in [0.4, 0.5) is 9.52 Å². The Bertz CT molecular complexity index is 1070. The van der Waals surface area contributed by atoms with Gasteiger partial charge in [0.25, 0.3) is 0 Å². The van der Waals surface area contributed by atoms with Gasteiger partial charge in [0.05, 0.1) is 23.4 Å². The maximum atomic E-state index is 13.4. The van der Waals surface area contributed by atoms with Crippen LogP contribution in [0.2, 0.25) is 0 Å². The average molecular weight is 442 g/mol. The number of nitrogens with zero attached hydrogens (tertiary/aromatic N) is 2. The van der Waals surface area contributed by atoms with E-state index < -0.39 is 0 Å². The molecule has 1 amide bonds. The van der Waals surface area contributed by atoms with Gasteiger partial charge >= 0.3 is 0 Å². The number of hydrogen-bond acceptors (Lipinski definition) is 6. The molecule has 31 heavy (non-hydrogen) atoms. The molecular weight excluding hydrogens is 417 g/mol. The second kappa shape index (κ2) is 8.63. The number of rotatable bonds is 6. The van der Waals surface area contributed by atoms with Crippen molar-refractivity contribution in [2.75, 3.05) is 31.6 Å². The summed E-state index contributed by atoms with van der Waals surface area (Å²) >= 11 is 1.27. The minimum atomic E-state index is -0.345. The Morgan fingerprint density at radius 1 is 1.32 bits per heavy atom. The standard InChI is InChI=1S/C23H24FN3O3S/c24-17-7-8-18-19(11-17)31-22(25-18)26-21(28)13-27-12-20(23(15-27)9-4-10-30-23)29-14-16-5-2-1-3-6-16/h1-3,5-8,11,20H,4,9-10,12-15H2,(H,25,26,28)/t20-,23-/m0/s1. The summed E-state index contributed by atoms with van der Waals surface area (Å²) in [5.74, 6) is -0.453. The fourth-order valence-electron chi connectivity index (χ4n) is 4.45. The first-order valence-electron chi connectivity index (χ1n) is 10.5. The van der Waals surface area contributed by atoms with Crippen LogP contribution in [0.25, 0.3) is 10.2 Å². The number of thiazole rings is 1. The molecule has 1 aromatic heterocycles. The average Bonchev–Trinajstić information content (AvgIpc) is 3.46. The van der Waals surface area contributed by atoms with Gasteiger partial charge in [-0.2, -0.15) is 0 Å². The van der Waals surface area contributed by atoms with Crippen molar-refractivity contribution in [1.29, 1.82) is 0 Å². The maximum Gasteiger partial charge on any atom is 0.240 e. The van der Waals surface area contributed by atoms with Crippen LogP contribution < -0.4 is 5.32 Å². The zero-order valence-electron chi connectivity index (χ0n) is 17.1. The molecule has 0 saturated carbocycles. The summed E-state index contributed by atoms with van der Waals surface area (Å²) in [6.07, 6.45) is 1.87. The highest BCUT2D eigenvalue weighted by Crippen LogP contribution is 2.37. The Kier molecular flexibility index (Phi) is 5.71. The molecule has 2 aliphatic rings. The number of aromatic nitrogens is 1. The fourth-order valence-corrected chi connectivity index (χ4v) is 5.36. The Morgan fingerprint density at radius 2 is 2.19 bits per heavy atom. The van der Waals surface area contributed by atoms with Crippen molar-refractivity contribution < 1.29 is 18.7 Å². The second-order valence-electron chi connectivity index (χ2n) is 8.15. The number of likely N-dealkylation sites (tertiary alicyclic amines) is 1. The van der Waals surface area contributed by atoms with E-state index in [1.807, 2.05) is 30.3 Å². The van der Waals surface area contributed by atoms with Crippen LogP contribution in [0.3, 0.4) is 0 Å². The quantitative estimate of drug-likeness (QED) is 0.630. The zero-order chi connectivity index (χ0) is 21.3. The summed E-state index contributed by atoms with van der Waals surface area (Å²) in [6.45, 7) is 2.81. The van der Waals surface area contributed by atoms with E-state index in [2.05, 4.69) is 15.2 Å². The number of fused-ring (bicyclic) bond motifs is 1. The minimum absolute atomic E-state index is 0.0755. The SMILES string of the molecule is O=C(CN1C[C@H](OCc2ccccc2)[C@]2(CCCO2)C1)Nc1nc2ccc(F)cc2s1. The Labute approximate surface area is 184 Å². The molecule has 2 aromatic carbocycles. The molecule has 0 aliphatic carbocycles. The number of benzene rings is 2. The van der Waals surface area contributed by atoms with Gasteiger partial charge in [-0.15, -0.1) is 0 Å². The first kappa shape index (κ1) is 20.5. The number of ether oxygens (including phenoxy) is 2. The third kappa shape index (κ3) is 4.48. The summed E-state index contributed by atoms with van der Waals surface area (Å²) < 4.78 is 26.5. The second-order valence-corrected chi connectivity index (χ2v) is 9.18. The molecular formula is C23H24FN3O3S. The highest BCUT2D eigenvalue weighted by Gasteiger charge is 2.50. The van der Waals surface area contributed by atoms with E-state index in [-0.39, 0.29) is 30.0 Å². The smallest absolute Gasteiger partial charge is 0.240 e. The van der Waals surface area contributed by atoms with Crippen molar-refractivity contribution in [3.05, 3.63) is 59.9 Å². The highest BCUT2D eigenvalue weighted by molar-refractivity contribution is 7.22. The molecule has 0 radical (unpaired) electrons. The number of amides is 1. The lowest BCUT2D eigenvalue weighted by atomic mass is 9.96. The van der Waals surface area contributed by atoms with Crippen molar-refractivity contribution in [3.8, 4) is 0 Å². The van der Waals surface area contributed by atoms with Crippen LogP contribution in [-0.4, -0.2) is 53.7 Å². The van der Waals surface area contributed by atoms with Crippen LogP contribution in [-0.2, 0) is 20.9 Å². The monoisotopic (exact) mass is 441 g/mol. The number of hydrogen-bond donors (Lipinski definition) is 1. The van der Waals surface area contributed by atoms with Crippen molar-refractivity contribution in [3.63, 3.8) is 0 Å². The summed E-state index contributed by atoms with van der Waals surface area (Å²) in [6, 6.07) is 14.5. The molecule has 2 fully saturated rings. The molecule has 1 spiro atoms. The maximum absolute atomic E-state index is 13.4. The fraction of sp³-hybridized carbons (Fsp3) is 0.391. The Morgan fingerprint density at radius 3 is 3.00 bits per heavy atom. The predicted octanol–water partition coefficient (Wildman–Crippen LogP) is 3.82. The number of anilines is 1. The highest BCUT2D eigenvalue weighted by atomic mass is 32.1. The van der Waals surface area contributed by atoms with Crippen LogP contribution >= 0.6 is 11.3 Å². The molecule has 162 valence electrons. The van der Waals surface area contributed by atoms with Gasteiger partial charge in [-0.25, -0.2) is 9.37 Å². The van der Waals surface area contributed by atoms with Crippen molar-refractivity contribution in [2.24, 2.45) is 0 Å². The van der Waals surface area contributed by atoms with Crippen molar-refractivity contribution >= 4 is 32.6 Å². The van der Waals surface area contributed by atoms with E-state index in [0.717, 1.165) is 25.0 Å². The van der Waals surface area contributed by atoms with Gasteiger partial charge in [-0.1, -0.05) is 41.7 Å². The van der Waals surface area contributed by atoms with E-state index in [1.165, 1.54) is 23.5 Å². The molecule has 3 aromatic rings. The van der Waals surface area contributed by atoms with Gasteiger partial charge in [0, 0.05) is 19.7 Å². The van der Waals surface area contributed by atoms with Crippen LogP contribution in [0.1, 0.15) is 18.4 Å². The molecule has 2 saturated heterocycles. The number of halogens is 1. The lowest BCUT2D eigenvalue weighted by Crippen LogP contribution is -2.42. The number of nitrogens with one attached hydrogen (secondary N) is 1. The summed E-state index contributed by atoms with van der Waals surface area (Å²) in [5.41, 5.74) is 1.46. The molecule has 2 atom stereocenters. The lowest BCUT2D eigenvalue weighted by Gasteiger charge is -2.29. The first-order valence-corrected chi connectivity index (χ1v) is 11.3. The Hall–Kier alpha value is -2.39. The van der Waals surface area contributed by atoms with E-state index in [4.69, 9.17) is 9.47 Å². The molecule has 1 N–H and O–H groups in total. The number of carbonyl (C=O) groups is 1. The summed E-state index contributed by atoms with van der Waals surface area (Å²) in [4.78, 5) is 19.1. The van der Waals surface area contributed by atoms with Crippen LogP contribution in [0.15, 0.2) is 48.5 Å². The largest absolute Gasteiger partial charge is 0.371 e. The first-order chi connectivity index (χ1) is 15.1. The summed E-state index contributed by atoms with van der Waals surface area (Å²) in [7, 11) is 0. The minimum Gasteiger partial charge on any atom is -0.371 e. The molecule has 2 aliphatic heterocycles.